The van der Waals surface area contributed by atoms with Crippen molar-refractivity contribution in [2.24, 2.45) is 0 Å². The van der Waals surface area contributed by atoms with Crippen LogP contribution in [-0.4, -0.2) is 38.6 Å². The van der Waals surface area contributed by atoms with E-state index in [1.807, 2.05) is 13.0 Å². The van der Waals surface area contributed by atoms with Gasteiger partial charge >= 0.3 is 0 Å². The van der Waals surface area contributed by atoms with Crippen LogP contribution in [0.5, 0.6) is 0 Å². The van der Waals surface area contributed by atoms with Crippen molar-refractivity contribution in [1.29, 1.82) is 0 Å². The van der Waals surface area contributed by atoms with Crippen molar-refractivity contribution in [2.45, 2.75) is 25.9 Å². The monoisotopic (exact) mass is 341 g/mol. The van der Waals surface area contributed by atoms with Crippen molar-refractivity contribution in [2.75, 3.05) is 18.4 Å². The van der Waals surface area contributed by atoms with Crippen LogP contribution in [-0.2, 0) is 6.54 Å². The number of anilines is 1. The van der Waals surface area contributed by atoms with Gasteiger partial charge < -0.3 is 5.32 Å². The first-order valence-corrected chi connectivity index (χ1v) is 8.89. The molecule has 0 radical (unpaired) electrons. The summed E-state index contributed by atoms with van der Waals surface area (Å²) in [6.45, 7) is 4.84. The zero-order chi connectivity index (χ0) is 16.5. The first-order chi connectivity index (χ1) is 11.7. The van der Waals surface area contributed by atoms with E-state index in [4.69, 9.17) is 0 Å². The van der Waals surface area contributed by atoms with Crippen LogP contribution in [0.1, 0.15) is 17.7 Å². The lowest BCUT2D eigenvalue weighted by Crippen LogP contribution is -2.26. The molecule has 0 spiro atoms. The van der Waals surface area contributed by atoms with Gasteiger partial charge in [-0.05, 0) is 18.9 Å². The van der Waals surface area contributed by atoms with E-state index in [0.717, 1.165) is 36.9 Å². The van der Waals surface area contributed by atoms with Gasteiger partial charge in [-0.25, -0.2) is 4.98 Å². The topological polar surface area (TPSA) is 62.5 Å². The molecule has 1 N–H and O–H groups in total. The molecule has 1 saturated heterocycles. The van der Waals surface area contributed by atoms with Crippen LogP contribution in [0.4, 0.5) is 5.13 Å². The van der Waals surface area contributed by atoms with E-state index in [1.54, 1.807) is 0 Å². The van der Waals surface area contributed by atoms with Crippen molar-refractivity contribution >= 4 is 21.4 Å². The number of fused-ring (bicyclic) bond motifs is 1. The van der Waals surface area contributed by atoms with Gasteiger partial charge in [-0.3, -0.25) is 9.69 Å². The summed E-state index contributed by atoms with van der Waals surface area (Å²) in [7, 11) is 0. The summed E-state index contributed by atoms with van der Waals surface area (Å²) >= 11 is 1.43. The maximum absolute atomic E-state index is 11.9. The molecule has 4 rings (SSSR count). The molecule has 0 amide bonds. The van der Waals surface area contributed by atoms with Gasteiger partial charge in [0.05, 0.1) is 0 Å². The average Bonchev–Trinajstić information content (AvgIpc) is 3.15. The summed E-state index contributed by atoms with van der Waals surface area (Å²) in [6, 6.07) is 12.4. The number of nitrogens with zero attached hydrogens (tertiary/aromatic N) is 4. The normalized spacial score (nSPS) is 18.3. The third-order valence-electron chi connectivity index (χ3n) is 4.22. The van der Waals surface area contributed by atoms with Crippen LogP contribution in [0.3, 0.4) is 0 Å². The average molecular weight is 341 g/mol. The van der Waals surface area contributed by atoms with Crippen molar-refractivity contribution in [1.82, 2.24) is 19.5 Å². The van der Waals surface area contributed by atoms with Gasteiger partial charge in [-0.15, -0.1) is 5.10 Å². The second-order valence-corrected chi connectivity index (χ2v) is 7.14. The van der Waals surface area contributed by atoms with E-state index in [2.05, 4.69) is 44.6 Å². The van der Waals surface area contributed by atoms with Crippen molar-refractivity contribution in [3.05, 3.63) is 58.0 Å². The van der Waals surface area contributed by atoms with Gasteiger partial charge in [-0.1, -0.05) is 41.7 Å². The van der Waals surface area contributed by atoms with Crippen LogP contribution in [0, 0.1) is 6.92 Å². The second-order valence-electron chi connectivity index (χ2n) is 6.19. The summed E-state index contributed by atoms with van der Waals surface area (Å²) in [5, 5.41) is 8.58. The Balaban J connectivity index is 1.43. The molecular formula is C17H19N5OS. The molecule has 7 heteroatoms. The third-order valence-corrected chi connectivity index (χ3v) is 5.06. The number of aromatic nitrogens is 3. The van der Waals surface area contributed by atoms with Crippen LogP contribution < -0.4 is 10.9 Å². The van der Waals surface area contributed by atoms with E-state index in [1.165, 1.54) is 27.5 Å². The van der Waals surface area contributed by atoms with E-state index in [-0.39, 0.29) is 5.56 Å². The molecule has 24 heavy (non-hydrogen) atoms. The number of likely N-dealkylation sites (tertiary alicyclic amines) is 1. The highest BCUT2D eigenvalue weighted by Gasteiger charge is 2.23. The lowest BCUT2D eigenvalue weighted by Gasteiger charge is -2.16. The highest BCUT2D eigenvalue weighted by atomic mass is 32.1. The number of hydrogen-bond donors (Lipinski definition) is 1. The lowest BCUT2D eigenvalue weighted by atomic mass is 10.2. The number of nitrogens with one attached hydrogen (secondary N) is 1. The Morgan fingerprint density at radius 1 is 1.33 bits per heavy atom. The van der Waals surface area contributed by atoms with Gasteiger partial charge in [0.2, 0.25) is 10.1 Å². The second kappa shape index (κ2) is 6.33. The minimum atomic E-state index is -0.126. The molecule has 3 aromatic rings. The third kappa shape index (κ3) is 3.18. The maximum atomic E-state index is 11.9. The quantitative estimate of drug-likeness (QED) is 0.788. The fourth-order valence-corrected chi connectivity index (χ4v) is 4.02. The van der Waals surface area contributed by atoms with Crippen molar-refractivity contribution in [3.63, 3.8) is 0 Å². The summed E-state index contributed by atoms with van der Waals surface area (Å²) in [5.41, 5.74) is 1.94. The zero-order valence-corrected chi connectivity index (χ0v) is 14.3. The Kier molecular flexibility index (Phi) is 4.03. The molecule has 2 aromatic heterocycles. The van der Waals surface area contributed by atoms with Crippen LogP contribution >= 0.6 is 11.3 Å². The van der Waals surface area contributed by atoms with Crippen molar-refractivity contribution < 1.29 is 0 Å². The summed E-state index contributed by atoms with van der Waals surface area (Å²) in [4.78, 5) is 19.4. The Morgan fingerprint density at radius 2 is 2.17 bits per heavy atom. The Hall–Kier alpha value is -2.25. The fourth-order valence-electron chi connectivity index (χ4n) is 3.09. The highest BCUT2D eigenvalue weighted by molar-refractivity contribution is 7.20. The Morgan fingerprint density at radius 3 is 3.00 bits per heavy atom. The van der Waals surface area contributed by atoms with E-state index >= 15 is 0 Å². The molecule has 1 unspecified atom stereocenters. The smallest absolute Gasteiger partial charge is 0.275 e. The fraction of sp³-hybridized carbons (Fsp3) is 0.353. The molecule has 1 aliphatic heterocycles. The summed E-state index contributed by atoms with van der Waals surface area (Å²) < 4.78 is 1.37. The highest BCUT2D eigenvalue weighted by Crippen LogP contribution is 2.21. The van der Waals surface area contributed by atoms with Gasteiger partial charge in [0.1, 0.15) is 0 Å². The SMILES string of the molecule is Cc1cc(=O)n2nc(NC3CCN(Cc4ccccc4)C3)sc2n1. The minimum absolute atomic E-state index is 0.126. The van der Waals surface area contributed by atoms with Crippen LogP contribution in [0.2, 0.25) is 0 Å². The first kappa shape index (κ1) is 15.3. The minimum Gasteiger partial charge on any atom is -0.356 e. The first-order valence-electron chi connectivity index (χ1n) is 8.08. The van der Waals surface area contributed by atoms with E-state index < -0.39 is 0 Å². The molecule has 0 saturated carbocycles. The Labute approximate surface area is 143 Å². The van der Waals surface area contributed by atoms with Crippen LogP contribution in [0.15, 0.2) is 41.2 Å². The van der Waals surface area contributed by atoms with Gasteiger partial charge in [0.25, 0.3) is 5.56 Å². The van der Waals surface area contributed by atoms with E-state index in [9.17, 15) is 4.79 Å². The zero-order valence-electron chi connectivity index (χ0n) is 13.5. The van der Waals surface area contributed by atoms with Gasteiger partial charge in [0.15, 0.2) is 0 Å². The number of benzene rings is 1. The summed E-state index contributed by atoms with van der Waals surface area (Å²) in [5.74, 6) is 0. The molecule has 1 atom stereocenters. The number of rotatable bonds is 4. The largest absolute Gasteiger partial charge is 0.356 e. The molecule has 1 fully saturated rings. The molecule has 1 aliphatic rings. The molecule has 6 nitrogen and oxygen atoms in total. The predicted molar refractivity (Wildman–Crippen MR) is 95.6 cm³/mol. The Bertz CT molecular complexity index is 904. The molecule has 3 heterocycles. The summed E-state index contributed by atoms with van der Waals surface area (Å²) in [6.07, 6.45) is 1.07. The number of hydrogen-bond acceptors (Lipinski definition) is 6. The molecule has 124 valence electrons. The van der Waals surface area contributed by atoms with Gasteiger partial charge in [-0.2, -0.15) is 4.52 Å². The standard InChI is InChI=1S/C17H19N5OS/c1-12-9-15(23)22-17(18-12)24-16(20-22)19-14-7-8-21(11-14)10-13-5-3-2-4-6-13/h2-6,9,14H,7-8,10-11H2,1H3,(H,19,20). The maximum Gasteiger partial charge on any atom is 0.275 e. The molecule has 0 bridgehead atoms. The number of aryl methyl sites for hydroxylation is 1. The lowest BCUT2D eigenvalue weighted by molar-refractivity contribution is 0.328. The molecular weight excluding hydrogens is 322 g/mol. The van der Waals surface area contributed by atoms with Gasteiger partial charge in [0, 0.05) is 37.4 Å². The molecule has 1 aromatic carbocycles. The van der Waals surface area contributed by atoms with Crippen molar-refractivity contribution in [3.8, 4) is 0 Å². The molecule has 0 aliphatic carbocycles. The van der Waals surface area contributed by atoms with E-state index in [0.29, 0.717) is 11.0 Å². The van der Waals surface area contributed by atoms with Crippen LogP contribution in [0.25, 0.3) is 4.96 Å². The predicted octanol–water partition coefficient (Wildman–Crippen LogP) is 2.15.